The Morgan fingerprint density at radius 3 is 2.23 bits per heavy atom. The Morgan fingerprint density at radius 1 is 1.31 bits per heavy atom. The monoisotopic (exact) mass is 318 g/mol. The zero-order valence-corrected chi connectivity index (χ0v) is 11.1. The largest absolute Gasteiger partial charge is 0.353 e. The quantitative estimate of drug-likeness (QED) is 0.409. The molecule has 0 spiro atoms. The van der Waals surface area contributed by atoms with Crippen LogP contribution in [-0.2, 0) is 13.6 Å². The number of hydrogen-bond acceptors (Lipinski definition) is 3. The molecule has 0 amide bonds. The van der Waals surface area contributed by atoms with E-state index in [0.717, 1.165) is 10.8 Å². The van der Waals surface area contributed by atoms with Crippen LogP contribution >= 0.6 is 30.2 Å². The fourth-order valence-corrected chi connectivity index (χ4v) is 2.48. The third-order valence-electron chi connectivity index (χ3n) is 1.18. The van der Waals surface area contributed by atoms with Crippen molar-refractivity contribution < 1.29 is 13.6 Å². The fraction of sp³-hybridized carbons (Fsp3) is 0.750. The Morgan fingerprint density at radius 2 is 1.85 bits per heavy atom. The lowest BCUT2D eigenvalue weighted by atomic mass is 10.5. The van der Waals surface area contributed by atoms with Gasteiger partial charge in [-0.2, -0.15) is 0 Å². The Kier molecular flexibility index (Phi) is 8.35. The third-order valence-corrected chi connectivity index (χ3v) is 3.62. The number of alkyl halides is 1. The summed E-state index contributed by atoms with van der Waals surface area (Å²) in [6.07, 6.45) is 2.74. The van der Waals surface area contributed by atoms with Crippen LogP contribution in [0.25, 0.3) is 0 Å². The van der Waals surface area contributed by atoms with Gasteiger partial charge in [-0.15, -0.1) is 0 Å². The average Bonchev–Trinajstić information content (AvgIpc) is 2.05. The Bertz CT molecular complexity index is 184. The standard InChI is InChI=1S/C8H16IO3P/c1-3-11-13(10,12-4-2)8-6-5-7-9/h6,8H,3-5,7H2,1-2H3. The van der Waals surface area contributed by atoms with E-state index in [2.05, 4.69) is 22.6 Å². The van der Waals surface area contributed by atoms with Gasteiger partial charge in [0.15, 0.2) is 0 Å². The molecule has 0 aromatic carbocycles. The van der Waals surface area contributed by atoms with Gasteiger partial charge >= 0.3 is 7.60 Å². The predicted octanol–water partition coefficient (Wildman–Crippen LogP) is 3.59. The Balaban J connectivity index is 4.14. The molecule has 0 atom stereocenters. The SMILES string of the molecule is CCOP(=O)(C=CCCI)OCC. The lowest BCUT2D eigenvalue weighted by molar-refractivity contribution is 0.229. The maximum atomic E-state index is 11.8. The van der Waals surface area contributed by atoms with Crippen molar-refractivity contribution in [2.75, 3.05) is 17.6 Å². The summed E-state index contributed by atoms with van der Waals surface area (Å²) in [5.41, 5.74) is 0. The minimum Gasteiger partial charge on any atom is -0.306 e. The molecule has 5 heteroatoms. The Labute approximate surface area is 93.6 Å². The zero-order valence-electron chi connectivity index (χ0n) is 8.03. The minimum atomic E-state index is -2.93. The molecule has 0 saturated carbocycles. The molecule has 0 aliphatic rings. The highest BCUT2D eigenvalue weighted by Crippen LogP contribution is 2.49. The summed E-state index contributed by atoms with van der Waals surface area (Å²) in [5, 5.41) is 0. The lowest BCUT2D eigenvalue weighted by Crippen LogP contribution is -1.92. The summed E-state index contributed by atoms with van der Waals surface area (Å²) >= 11 is 2.26. The molecule has 0 aliphatic carbocycles. The van der Waals surface area contributed by atoms with Gasteiger partial charge in [0.2, 0.25) is 0 Å². The smallest absolute Gasteiger partial charge is 0.306 e. The van der Waals surface area contributed by atoms with E-state index in [9.17, 15) is 4.57 Å². The van der Waals surface area contributed by atoms with Gasteiger partial charge in [-0.25, -0.2) is 0 Å². The summed E-state index contributed by atoms with van der Waals surface area (Å²) in [5.74, 6) is 1.55. The maximum Gasteiger partial charge on any atom is 0.353 e. The van der Waals surface area contributed by atoms with Crippen molar-refractivity contribution in [2.24, 2.45) is 0 Å². The molecule has 78 valence electrons. The van der Waals surface area contributed by atoms with E-state index in [0.29, 0.717) is 13.2 Å². The molecule has 13 heavy (non-hydrogen) atoms. The van der Waals surface area contributed by atoms with Crippen molar-refractivity contribution in [1.29, 1.82) is 0 Å². The van der Waals surface area contributed by atoms with Crippen LogP contribution < -0.4 is 0 Å². The van der Waals surface area contributed by atoms with Gasteiger partial charge < -0.3 is 9.05 Å². The highest BCUT2D eigenvalue weighted by Gasteiger charge is 2.18. The first kappa shape index (κ1) is 13.6. The molecule has 0 aromatic heterocycles. The van der Waals surface area contributed by atoms with Gasteiger partial charge in [0, 0.05) is 10.2 Å². The number of hydrogen-bond donors (Lipinski definition) is 0. The van der Waals surface area contributed by atoms with E-state index < -0.39 is 7.60 Å². The summed E-state index contributed by atoms with van der Waals surface area (Å²) in [4.78, 5) is 0. The van der Waals surface area contributed by atoms with Gasteiger partial charge in [-0.3, -0.25) is 4.57 Å². The van der Waals surface area contributed by atoms with Crippen molar-refractivity contribution in [3.05, 3.63) is 11.9 Å². The minimum absolute atomic E-state index is 0.409. The first-order valence-corrected chi connectivity index (χ1v) is 7.44. The van der Waals surface area contributed by atoms with Crippen LogP contribution in [0.2, 0.25) is 0 Å². The Hall–Kier alpha value is 0.620. The third kappa shape index (κ3) is 6.66. The molecule has 0 fully saturated rings. The van der Waals surface area contributed by atoms with Gasteiger partial charge in [-0.1, -0.05) is 28.7 Å². The highest BCUT2D eigenvalue weighted by molar-refractivity contribution is 14.1. The summed E-state index contributed by atoms with van der Waals surface area (Å²) in [7, 11) is -2.93. The second kappa shape index (κ2) is 7.97. The van der Waals surface area contributed by atoms with E-state index in [1.54, 1.807) is 19.7 Å². The molecule has 0 saturated heterocycles. The number of rotatable bonds is 7. The zero-order chi connectivity index (χ0) is 10.2. The van der Waals surface area contributed by atoms with Crippen LogP contribution in [0, 0.1) is 0 Å². The van der Waals surface area contributed by atoms with Crippen molar-refractivity contribution in [3.8, 4) is 0 Å². The van der Waals surface area contributed by atoms with Crippen LogP contribution in [0.4, 0.5) is 0 Å². The lowest BCUT2D eigenvalue weighted by Gasteiger charge is -2.12. The molecule has 0 radical (unpaired) electrons. The number of halogens is 1. The molecular formula is C8H16IO3P. The molecule has 0 N–H and O–H groups in total. The second-order valence-electron chi connectivity index (χ2n) is 2.24. The van der Waals surface area contributed by atoms with Gasteiger partial charge in [0.05, 0.1) is 13.2 Å². The van der Waals surface area contributed by atoms with Crippen LogP contribution in [-0.4, -0.2) is 17.6 Å². The van der Waals surface area contributed by atoms with E-state index in [1.165, 1.54) is 0 Å². The van der Waals surface area contributed by atoms with E-state index in [-0.39, 0.29) is 0 Å². The summed E-state index contributed by atoms with van der Waals surface area (Å²) in [6, 6.07) is 0. The van der Waals surface area contributed by atoms with Gasteiger partial charge in [0.1, 0.15) is 0 Å². The normalized spacial score (nSPS) is 12.5. The first-order valence-electron chi connectivity index (χ1n) is 4.31. The van der Waals surface area contributed by atoms with Gasteiger partial charge in [0.25, 0.3) is 0 Å². The predicted molar refractivity (Wildman–Crippen MR) is 63.5 cm³/mol. The maximum absolute atomic E-state index is 11.8. The molecule has 0 unspecified atom stereocenters. The van der Waals surface area contributed by atoms with Crippen LogP contribution in [0.3, 0.4) is 0 Å². The van der Waals surface area contributed by atoms with Gasteiger partial charge in [-0.05, 0) is 20.3 Å². The van der Waals surface area contributed by atoms with E-state index >= 15 is 0 Å². The van der Waals surface area contributed by atoms with Crippen LogP contribution in [0.5, 0.6) is 0 Å². The molecule has 0 heterocycles. The van der Waals surface area contributed by atoms with Crippen molar-refractivity contribution in [2.45, 2.75) is 20.3 Å². The van der Waals surface area contributed by atoms with E-state index in [4.69, 9.17) is 9.05 Å². The van der Waals surface area contributed by atoms with Crippen molar-refractivity contribution in [3.63, 3.8) is 0 Å². The molecule has 0 rings (SSSR count). The topological polar surface area (TPSA) is 35.5 Å². The first-order chi connectivity index (χ1) is 6.18. The molecule has 3 nitrogen and oxygen atoms in total. The van der Waals surface area contributed by atoms with Crippen molar-refractivity contribution >= 4 is 30.2 Å². The molecule has 0 aliphatic heterocycles. The number of allylic oxidation sites excluding steroid dienone is 1. The van der Waals surface area contributed by atoms with Crippen molar-refractivity contribution in [1.82, 2.24) is 0 Å². The second-order valence-corrected chi connectivity index (χ2v) is 5.21. The summed E-state index contributed by atoms with van der Waals surface area (Å²) in [6.45, 7) is 4.42. The molecule has 0 bridgehead atoms. The highest BCUT2D eigenvalue weighted by atomic mass is 127. The fourth-order valence-electron chi connectivity index (χ4n) is 0.750. The molecular weight excluding hydrogens is 302 g/mol. The van der Waals surface area contributed by atoms with Crippen LogP contribution in [0.1, 0.15) is 20.3 Å². The van der Waals surface area contributed by atoms with E-state index in [1.807, 2.05) is 6.08 Å². The van der Waals surface area contributed by atoms with Crippen LogP contribution in [0.15, 0.2) is 11.9 Å². The average molecular weight is 318 g/mol. The molecule has 0 aromatic rings. The summed E-state index contributed by atoms with van der Waals surface area (Å²) < 4.78 is 22.9.